The molecule has 0 unspecified atom stereocenters. The van der Waals surface area contributed by atoms with E-state index in [2.05, 4.69) is 26.2 Å². The number of allylic oxidation sites excluding steroid dienone is 2. The minimum absolute atomic E-state index is 0.832. The van der Waals surface area contributed by atoms with Gasteiger partial charge in [0.15, 0.2) is 0 Å². The van der Waals surface area contributed by atoms with Crippen molar-refractivity contribution >= 4 is 0 Å². The summed E-state index contributed by atoms with van der Waals surface area (Å²) in [6, 6.07) is 0. The molecule has 0 radical (unpaired) electrons. The minimum atomic E-state index is 0.832. The van der Waals surface area contributed by atoms with Crippen LogP contribution in [0.5, 0.6) is 0 Å². The van der Waals surface area contributed by atoms with E-state index in [0.717, 1.165) is 23.7 Å². The second-order valence-electron chi connectivity index (χ2n) is 6.76. The van der Waals surface area contributed by atoms with Gasteiger partial charge in [-0.15, -0.1) is 6.58 Å². The van der Waals surface area contributed by atoms with Crippen LogP contribution in [0.2, 0.25) is 0 Å². The molecule has 2 aliphatic rings. The molecule has 0 atom stereocenters. The van der Waals surface area contributed by atoms with Crippen molar-refractivity contribution in [2.75, 3.05) is 0 Å². The highest BCUT2D eigenvalue weighted by Crippen LogP contribution is 2.43. The molecule has 2 rings (SSSR count). The molecule has 0 bridgehead atoms. The van der Waals surface area contributed by atoms with Crippen molar-refractivity contribution in [3.05, 3.63) is 24.8 Å². The standard InChI is InChI=1S/C18H30/c1-4-5-15-6-8-17(9-7-15)18-12-10-16(11-13-18)14(2)3/h4,15-18H,1-2,5-13H2,3H3. The van der Waals surface area contributed by atoms with Crippen LogP contribution in [0, 0.1) is 23.7 Å². The molecular formula is C18H30. The molecule has 0 aromatic rings. The van der Waals surface area contributed by atoms with Gasteiger partial charge in [0.05, 0.1) is 0 Å². The second-order valence-corrected chi connectivity index (χ2v) is 6.76. The molecule has 0 heterocycles. The monoisotopic (exact) mass is 246 g/mol. The first-order chi connectivity index (χ1) is 8.70. The zero-order valence-corrected chi connectivity index (χ0v) is 12.2. The Kier molecular flexibility index (Phi) is 5.09. The van der Waals surface area contributed by atoms with E-state index in [4.69, 9.17) is 0 Å². The van der Waals surface area contributed by atoms with Crippen LogP contribution < -0.4 is 0 Å². The average Bonchev–Trinajstić information content (AvgIpc) is 2.40. The van der Waals surface area contributed by atoms with Crippen LogP contribution in [0.3, 0.4) is 0 Å². The Balaban J connectivity index is 1.74. The summed E-state index contributed by atoms with van der Waals surface area (Å²) in [6.07, 6.45) is 15.0. The molecule has 2 aliphatic carbocycles. The van der Waals surface area contributed by atoms with Crippen molar-refractivity contribution in [3.8, 4) is 0 Å². The van der Waals surface area contributed by atoms with Gasteiger partial charge in [0, 0.05) is 0 Å². The van der Waals surface area contributed by atoms with E-state index in [1.807, 2.05) is 0 Å². The minimum Gasteiger partial charge on any atom is -0.103 e. The van der Waals surface area contributed by atoms with Gasteiger partial charge in [-0.25, -0.2) is 0 Å². The highest BCUT2D eigenvalue weighted by Gasteiger charge is 2.30. The Morgan fingerprint density at radius 1 is 0.944 bits per heavy atom. The van der Waals surface area contributed by atoms with Crippen LogP contribution in [0.1, 0.15) is 64.7 Å². The summed E-state index contributed by atoms with van der Waals surface area (Å²) in [5.74, 6) is 3.85. The Morgan fingerprint density at radius 3 is 1.89 bits per heavy atom. The number of hydrogen-bond acceptors (Lipinski definition) is 0. The number of rotatable bonds is 4. The summed E-state index contributed by atoms with van der Waals surface area (Å²) in [5, 5.41) is 0. The highest BCUT2D eigenvalue weighted by molar-refractivity contribution is 4.98. The maximum absolute atomic E-state index is 4.14. The van der Waals surface area contributed by atoms with Gasteiger partial charge in [-0.1, -0.05) is 18.2 Å². The molecule has 0 aromatic carbocycles. The molecule has 0 aromatic heterocycles. The lowest BCUT2D eigenvalue weighted by Crippen LogP contribution is -2.25. The van der Waals surface area contributed by atoms with Crippen LogP contribution in [0.15, 0.2) is 24.8 Å². The maximum Gasteiger partial charge on any atom is -0.0208 e. The van der Waals surface area contributed by atoms with Gasteiger partial charge in [-0.05, 0) is 88.4 Å². The Morgan fingerprint density at radius 2 is 1.44 bits per heavy atom. The first-order valence-electron chi connectivity index (χ1n) is 7.97. The van der Waals surface area contributed by atoms with Crippen molar-refractivity contribution in [2.24, 2.45) is 23.7 Å². The van der Waals surface area contributed by atoms with Gasteiger partial charge in [-0.3, -0.25) is 0 Å². The molecular weight excluding hydrogens is 216 g/mol. The van der Waals surface area contributed by atoms with Crippen LogP contribution >= 0.6 is 0 Å². The Bertz CT molecular complexity index is 272. The van der Waals surface area contributed by atoms with Crippen LogP contribution in [0.4, 0.5) is 0 Å². The normalized spacial score (nSPS) is 37.2. The van der Waals surface area contributed by atoms with Gasteiger partial charge in [0.1, 0.15) is 0 Å². The first-order valence-corrected chi connectivity index (χ1v) is 7.97. The van der Waals surface area contributed by atoms with E-state index in [1.54, 1.807) is 0 Å². The van der Waals surface area contributed by atoms with Crippen LogP contribution in [-0.4, -0.2) is 0 Å². The quantitative estimate of drug-likeness (QED) is 0.554. The number of hydrogen-bond donors (Lipinski definition) is 0. The predicted octanol–water partition coefficient (Wildman–Crippen LogP) is 5.75. The smallest absolute Gasteiger partial charge is 0.0208 e. The van der Waals surface area contributed by atoms with Crippen LogP contribution in [0.25, 0.3) is 0 Å². The van der Waals surface area contributed by atoms with E-state index in [9.17, 15) is 0 Å². The average molecular weight is 246 g/mol. The van der Waals surface area contributed by atoms with E-state index in [1.165, 1.54) is 63.4 Å². The summed E-state index contributed by atoms with van der Waals surface area (Å²) >= 11 is 0. The SMILES string of the molecule is C=CCC1CCC(C2CCC(C(=C)C)CC2)CC1. The lowest BCUT2D eigenvalue weighted by molar-refractivity contribution is 0.154. The maximum atomic E-state index is 4.14. The fourth-order valence-electron chi connectivity index (χ4n) is 4.21. The summed E-state index contributed by atoms with van der Waals surface area (Å²) in [7, 11) is 0. The summed E-state index contributed by atoms with van der Waals surface area (Å²) in [5.41, 5.74) is 1.42. The van der Waals surface area contributed by atoms with Crippen LogP contribution in [-0.2, 0) is 0 Å². The molecule has 0 N–H and O–H groups in total. The zero-order valence-electron chi connectivity index (χ0n) is 12.2. The highest BCUT2D eigenvalue weighted by atomic mass is 14.4. The van der Waals surface area contributed by atoms with Gasteiger partial charge >= 0.3 is 0 Å². The molecule has 2 fully saturated rings. The molecule has 0 amide bonds. The molecule has 0 nitrogen and oxygen atoms in total. The molecule has 102 valence electrons. The molecule has 0 heteroatoms. The fourth-order valence-corrected chi connectivity index (χ4v) is 4.21. The van der Waals surface area contributed by atoms with Crippen molar-refractivity contribution in [1.29, 1.82) is 0 Å². The van der Waals surface area contributed by atoms with Gasteiger partial charge in [-0.2, -0.15) is 0 Å². The van der Waals surface area contributed by atoms with Gasteiger partial charge in [0.25, 0.3) is 0 Å². The molecule has 0 aliphatic heterocycles. The lowest BCUT2D eigenvalue weighted by Gasteiger charge is -2.38. The molecule has 0 saturated heterocycles. The zero-order chi connectivity index (χ0) is 13.0. The largest absolute Gasteiger partial charge is 0.103 e. The Labute approximate surface area is 114 Å². The molecule has 18 heavy (non-hydrogen) atoms. The first kappa shape index (κ1) is 13.9. The van der Waals surface area contributed by atoms with E-state index in [0.29, 0.717) is 0 Å². The Hall–Kier alpha value is -0.520. The van der Waals surface area contributed by atoms with Gasteiger partial charge < -0.3 is 0 Å². The lowest BCUT2D eigenvalue weighted by atomic mass is 9.68. The van der Waals surface area contributed by atoms with E-state index >= 15 is 0 Å². The van der Waals surface area contributed by atoms with E-state index in [-0.39, 0.29) is 0 Å². The molecule has 2 saturated carbocycles. The predicted molar refractivity (Wildman–Crippen MR) is 80.5 cm³/mol. The third-order valence-corrected chi connectivity index (χ3v) is 5.53. The topological polar surface area (TPSA) is 0 Å². The van der Waals surface area contributed by atoms with E-state index < -0.39 is 0 Å². The van der Waals surface area contributed by atoms with Crippen molar-refractivity contribution in [1.82, 2.24) is 0 Å². The van der Waals surface area contributed by atoms with Crippen molar-refractivity contribution < 1.29 is 0 Å². The van der Waals surface area contributed by atoms with Crippen molar-refractivity contribution in [3.63, 3.8) is 0 Å². The van der Waals surface area contributed by atoms with Gasteiger partial charge in [0.2, 0.25) is 0 Å². The van der Waals surface area contributed by atoms with Crippen molar-refractivity contribution in [2.45, 2.75) is 64.7 Å². The molecule has 0 spiro atoms. The fraction of sp³-hybridized carbons (Fsp3) is 0.778. The summed E-state index contributed by atoms with van der Waals surface area (Å²) in [4.78, 5) is 0. The second kappa shape index (κ2) is 6.59. The third-order valence-electron chi connectivity index (χ3n) is 5.53. The third kappa shape index (κ3) is 3.49. The summed E-state index contributed by atoms with van der Waals surface area (Å²) in [6.45, 7) is 10.2. The summed E-state index contributed by atoms with van der Waals surface area (Å²) < 4.78 is 0.